The molecule has 0 aromatic carbocycles. The fourth-order valence-electron chi connectivity index (χ4n) is 2.58. The van der Waals surface area contributed by atoms with Crippen LogP contribution in [0.4, 0.5) is 0 Å². The monoisotopic (exact) mass is 207 g/mol. The molecule has 0 aliphatic heterocycles. The van der Waals surface area contributed by atoms with Crippen LogP contribution in [-0.4, -0.2) is 23.4 Å². The second-order valence-corrected chi connectivity index (χ2v) is 4.73. The highest BCUT2D eigenvalue weighted by Crippen LogP contribution is 2.32. The molecule has 0 saturated carbocycles. The lowest BCUT2D eigenvalue weighted by atomic mass is 9.87. The second kappa shape index (κ2) is 4.35. The molecule has 0 saturated heterocycles. The third kappa shape index (κ3) is 1.93. The molecule has 84 valence electrons. The van der Waals surface area contributed by atoms with Crippen molar-refractivity contribution in [3.05, 3.63) is 17.5 Å². The molecule has 0 fully saturated rings. The Balaban J connectivity index is 2.29. The number of nitrogens with one attached hydrogen (secondary N) is 1. The predicted molar refractivity (Wildman–Crippen MR) is 62.2 cm³/mol. The first-order chi connectivity index (χ1) is 7.24. The molecule has 1 heterocycles. The van der Waals surface area contributed by atoms with Crippen LogP contribution in [0.5, 0.6) is 0 Å². The van der Waals surface area contributed by atoms with Gasteiger partial charge in [0.25, 0.3) is 0 Å². The van der Waals surface area contributed by atoms with Gasteiger partial charge in [-0.3, -0.25) is 4.68 Å². The molecule has 15 heavy (non-hydrogen) atoms. The first kappa shape index (κ1) is 10.7. The van der Waals surface area contributed by atoms with Crippen LogP contribution in [0.3, 0.4) is 0 Å². The van der Waals surface area contributed by atoms with Crippen LogP contribution in [0.15, 0.2) is 6.20 Å². The van der Waals surface area contributed by atoms with Gasteiger partial charge in [-0.15, -0.1) is 0 Å². The summed E-state index contributed by atoms with van der Waals surface area (Å²) in [6.07, 6.45) is 5.89. The summed E-state index contributed by atoms with van der Waals surface area (Å²) in [4.78, 5) is 0. The van der Waals surface area contributed by atoms with Gasteiger partial charge in [0.1, 0.15) is 0 Å². The van der Waals surface area contributed by atoms with Crippen LogP contribution in [0, 0.1) is 0 Å². The molecular formula is C12H21N3. The number of fused-ring (bicyclic) bond motifs is 1. The quantitative estimate of drug-likeness (QED) is 0.822. The fourth-order valence-corrected chi connectivity index (χ4v) is 2.58. The zero-order valence-corrected chi connectivity index (χ0v) is 9.95. The van der Waals surface area contributed by atoms with Gasteiger partial charge in [-0.05, 0) is 51.6 Å². The molecule has 0 radical (unpaired) electrons. The average Bonchev–Trinajstić information content (AvgIpc) is 2.62. The van der Waals surface area contributed by atoms with Crippen LogP contribution in [0.2, 0.25) is 0 Å². The molecule has 0 spiro atoms. The van der Waals surface area contributed by atoms with E-state index in [9.17, 15) is 0 Å². The van der Waals surface area contributed by atoms with Gasteiger partial charge in [-0.1, -0.05) is 0 Å². The molecule has 1 atom stereocenters. The van der Waals surface area contributed by atoms with Crippen LogP contribution >= 0.6 is 0 Å². The summed E-state index contributed by atoms with van der Waals surface area (Å²) in [6, 6.07) is 0.488. The molecule has 1 N–H and O–H groups in total. The van der Waals surface area contributed by atoms with E-state index in [1.165, 1.54) is 30.5 Å². The van der Waals surface area contributed by atoms with E-state index in [0.717, 1.165) is 6.54 Å². The fraction of sp³-hybridized carbons (Fsp3) is 0.750. The van der Waals surface area contributed by atoms with E-state index in [0.29, 0.717) is 12.0 Å². The summed E-state index contributed by atoms with van der Waals surface area (Å²) >= 11 is 0. The molecule has 1 aromatic rings. The van der Waals surface area contributed by atoms with Crippen LogP contribution < -0.4 is 5.32 Å². The summed E-state index contributed by atoms with van der Waals surface area (Å²) in [5.74, 6) is 0.672. The van der Waals surface area contributed by atoms with Gasteiger partial charge in [0.05, 0.1) is 6.20 Å². The van der Waals surface area contributed by atoms with Crippen molar-refractivity contribution in [2.45, 2.75) is 45.1 Å². The Morgan fingerprint density at radius 3 is 3.07 bits per heavy atom. The first-order valence-corrected chi connectivity index (χ1v) is 5.95. The molecule has 0 bridgehead atoms. The van der Waals surface area contributed by atoms with Crippen LogP contribution in [-0.2, 0) is 6.42 Å². The van der Waals surface area contributed by atoms with Crippen molar-refractivity contribution in [1.82, 2.24) is 15.1 Å². The van der Waals surface area contributed by atoms with Crippen molar-refractivity contribution >= 4 is 0 Å². The van der Waals surface area contributed by atoms with E-state index in [-0.39, 0.29) is 0 Å². The summed E-state index contributed by atoms with van der Waals surface area (Å²) in [6.45, 7) is 5.49. The minimum atomic E-state index is 0.488. The zero-order chi connectivity index (χ0) is 10.8. The van der Waals surface area contributed by atoms with E-state index < -0.39 is 0 Å². The Bertz CT molecular complexity index is 328. The number of hydrogen-bond acceptors (Lipinski definition) is 2. The van der Waals surface area contributed by atoms with Crippen molar-refractivity contribution in [3.63, 3.8) is 0 Å². The zero-order valence-electron chi connectivity index (χ0n) is 9.95. The van der Waals surface area contributed by atoms with Gasteiger partial charge in [-0.2, -0.15) is 5.10 Å². The van der Waals surface area contributed by atoms with Gasteiger partial charge in [0, 0.05) is 18.3 Å². The smallest absolute Gasteiger partial charge is 0.0528 e. The molecule has 3 nitrogen and oxygen atoms in total. The molecule has 0 amide bonds. The third-order valence-corrected chi connectivity index (χ3v) is 3.28. The maximum Gasteiger partial charge on any atom is 0.0528 e. The maximum atomic E-state index is 4.52. The Labute approximate surface area is 91.9 Å². The summed E-state index contributed by atoms with van der Waals surface area (Å²) < 4.78 is 2.19. The van der Waals surface area contributed by atoms with Crippen LogP contribution in [0.1, 0.15) is 49.9 Å². The minimum Gasteiger partial charge on any atom is -0.319 e. The highest BCUT2D eigenvalue weighted by molar-refractivity contribution is 5.26. The molecule has 1 aromatic heterocycles. The van der Waals surface area contributed by atoms with Gasteiger partial charge in [0.2, 0.25) is 0 Å². The van der Waals surface area contributed by atoms with Gasteiger partial charge >= 0.3 is 0 Å². The number of rotatable bonds is 3. The Morgan fingerprint density at radius 2 is 2.40 bits per heavy atom. The summed E-state index contributed by atoms with van der Waals surface area (Å²) in [5, 5.41) is 7.80. The lowest BCUT2D eigenvalue weighted by molar-refractivity contribution is 0.470. The lowest BCUT2D eigenvalue weighted by Crippen LogP contribution is -2.22. The first-order valence-electron chi connectivity index (χ1n) is 5.95. The van der Waals surface area contributed by atoms with E-state index in [2.05, 4.69) is 35.1 Å². The molecule has 1 aliphatic carbocycles. The standard InChI is InChI=1S/C12H21N3/c1-9(2)15-12-6-4-5-10(7-13-3)11(12)8-14-15/h8-10,13H,4-7H2,1-3H3. The van der Waals surface area contributed by atoms with Gasteiger partial charge in [0.15, 0.2) is 0 Å². The highest BCUT2D eigenvalue weighted by Gasteiger charge is 2.24. The van der Waals surface area contributed by atoms with E-state index in [1.54, 1.807) is 0 Å². The Kier molecular flexibility index (Phi) is 3.10. The Hall–Kier alpha value is -0.830. The molecule has 2 rings (SSSR count). The van der Waals surface area contributed by atoms with Crippen molar-refractivity contribution in [2.24, 2.45) is 0 Å². The van der Waals surface area contributed by atoms with E-state index >= 15 is 0 Å². The predicted octanol–water partition coefficient (Wildman–Crippen LogP) is 2.10. The van der Waals surface area contributed by atoms with E-state index in [4.69, 9.17) is 0 Å². The minimum absolute atomic E-state index is 0.488. The van der Waals surface area contributed by atoms with Crippen molar-refractivity contribution < 1.29 is 0 Å². The third-order valence-electron chi connectivity index (χ3n) is 3.28. The topological polar surface area (TPSA) is 29.9 Å². The largest absolute Gasteiger partial charge is 0.319 e. The van der Waals surface area contributed by atoms with Crippen molar-refractivity contribution in [1.29, 1.82) is 0 Å². The average molecular weight is 207 g/mol. The molecular weight excluding hydrogens is 186 g/mol. The van der Waals surface area contributed by atoms with Crippen molar-refractivity contribution in [3.8, 4) is 0 Å². The van der Waals surface area contributed by atoms with Crippen LogP contribution in [0.25, 0.3) is 0 Å². The number of hydrogen-bond donors (Lipinski definition) is 1. The molecule has 1 unspecified atom stereocenters. The van der Waals surface area contributed by atoms with Crippen molar-refractivity contribution in [2.75, 3.05) is 13.6 Å². The normalized spacial score (nSPS) is 20.7. The number of aromatic nitrogens is 2. The van der Waals surface area contributed by atoms with E-state index in [1.807, 2.05) is 7.05 Å². The SMILES string of the molecule is CNCC1CCCc2c1cnn2C(C)C. The number of nitrogens with zero attached hydrogens (tertiary/aromatic N) is 2. The Morgan fingerprint density at radius 1 is 1.60 bits per heavy atom. The molecule has 3 heteroatoms. The summed E-state index contributed by atoms with van der Waals surface area (Å²) in [5.41, 5.74) is 2.95. The highest BCUT2D eigenvalue weighted by atomic mass is 15.3. The van der Waals surface area contributed by atoms with Gasteiger partial charge in [-0.25, -0.2) is 0 Å². The summed E-state index contributed by atoms with van der Waals surface area (Å²) in [7, 11) is 2.03. The maximum absolute atomic E-state index is 4.52. The van der Waals surface area contributed by atoms with Gasteiger partial charge < -0.3 is 5.32 Å². The number of likely N-dealkylation sites (N-methyl/N-ethyl adjacent to an activating group) is 1. The second-order valence-electron chi connectivity index (χ2n) is 4.73. The lowest BCUT2D eigenvalue weighted by Gasteiger charge is -2.23. The molecule has 1 aliphatic rings.